The topological polar surface area (TPSA) is 76.0 Å². The Morgan fingerprint density at radius 2 is 1.82 bits per heavy atom. The van der Waals surface area contributed by atoms with E-state index in [2.05, 4.69) is 10.4 Å². The zero-order valence-corrected chi connectivity index (χ0v) is 18.9. The molecule has 0 unspecified atom stereocenters. The average Bonchev–Trinajstić information content (AvgIpc) is 3.32. The second-order valence-electron chi connectivity index (χ2n) is 7.29. The molecule has 0 bridgehead atoms. The molecule has 0 aliphatic carbocycles. The zero-order chi connectivity index (χ0) is 24.6. The number of rotatable bonds is 5. The molecule has 0 saturated carbocycles. The van der Waals surface area contributed by atoms with E-state index in [0.29, 0.717) is 15.6 Å². The average molecular weight is 511 g/mol. The monoisotopic (exact) mass is 510 g/mol. The second kappa shape index (κ2) is 9.07. The van der Waals surface area contributed by atoms with Gasteiger partial charge in [-0.15, -0.1) is 11.3 Å². The number of amides is 2. The normalized spacial score (nSPS) is 11.6. The van der Waals surface area contributed by atoms with E-state index < -0.39 is 30.4 Å². The SMILES string of the molecule is Cc1nn(-c2ccc(Cl)cc2)c2sc(C(=O)Nc3cc(F)cc(CNC(=O)C(F)(F)F)c3)cc12. The van der Waals surface area contributed by atoms with Gasteiger partial charge in [-0.05, 0) is 61.0 Å². The van der Waals surface area contributed by atoms with Crippen molar-refractivity contribution < 1.29 is 27.2 Å². The van der Waals surface area contributed by atoms with E-state index >= 15 is 0 Å². The fraction of sp³-hybridized carbons (Fsp3) is 0.136. The molecule has 0 aliphatic rings. The number of halogens is 5. The molecule has 2 N–H and O–H groups in total. The number of carbonyl (C=O) groups excluding carboxylic acids is 2. The number of nitrogens with zero attached hydrogens (tertiary/aromatic N) is 2. The summed E-state index contributed by atoms with van der Waals surface area (Å²) >= 11 is 7.12. The first-order chi connectivity index (χ1) is 16.0. The summed E-state index contributed by atoms with van der Waals surface area (Å²) in [6, 6.07) is 12.0. The molecule has 2 heterocycles. The summed E-state index contributed by atoms with van der Waals surface area (Å²) in [5.41, 5.74) is 1.55. The molecule has 34 heavy (non-hydrogen) atoms. The molecule has 4 rings (SSSR count). The highest BCUT2D eigenvalue weighted by Crippen LogP contribution is 2.31. The van der Waals surface area contributed by atoms with Crippen LogP contribution in [0.3, 0.4) is 0 Å². The maximum absolute atomic E-state index is 14.0. The van der Waals surface area contributed by atoms with Crippen LogP contribution in [0.2, 0.25) is 5.02 Å². The van der Waals surface area contributed by atoms with Crippen molar-refractivity contribution in [2.24, 2.45) is 0 Å². The van der Waals surface area contributed by atoms with Crippen LogP contribution in [0, 0.1) is 12.7 Å². The molecule has 12 heteroatoms. The Bertz CT molecular complexity index is 1400. The third-order valence-electron chi connectivity index (χ3n) is 4.77. The summed E-state index contributed by atoms with van der Waals surface area (Å²) in [4.78, 5) is 24.9. The number of hydrogen-bond donors (Lipinski definition) is 2. The number of alkyl halides is 3. The van der Waals surface area contributed by atoms with Crippen molar-refractivity contribution in [3.63, 3.8) is 0 Å². The number of aromatic nitrogens is 2. The van der Waals surface area contributed by atoms with Gasteiger partial charge < -0.3 is 10.6 Å². The van der Waals surface area contributed by atoms with Crippen LogP contribution >= 0.6 is 22.9 Å². The Morgan fingerprint density at radius 1 is 1.12 bits per heavy atom. The van der Waals surface area contributed by atoms with Crippen molar-refractivity contribution in [2.45, 2.75) is 19.6 Å². The van der Waals surface area contributed by atoms with E-state index in [1.807, 2.05) is 0 Å². The van der Waals surface area contributed by atoms with Gasteiger partial charge in [0.25, 0.3) is 5.91 Å². The molecule has 0 fully saturated rings. The highest BCUT2D eigenvalue weighted by atomic mass is 35.5. The highest BCUT2D eigenvalue weighted by Gasteiger charge is 2.38. The van der Waals surface area contributed by atoms with Gasteiger partial charge in [-0.25, -0.2) is 9.07 Å². The maximum Gasteiger partial charge on any atom is 0.471 e. The molecule has 2 aromatic carbocycles. The van der Waals surface area contributed by atoms with Crippen LogP contribution in [0.4, 0.5) is 23.2 Å². The molecular formula is C22H15ClF4N4O2S. The molecule has 6 nitrogen and oxygen atoms in total. The summed E-state index contributed by atoms with van der Waals surface area (Å²) < 4.78 is 52.7. The standard InChI is InChI=1S/C22H15ClF4N4O2S/c1-11-17-9-18(34-20(17)31(30-11)16-4-2-13(23)3-5-16)19(32)29-15-7-12(6-14(24)8-15)10-28-21(33)22(25,26)27/h2-9H,10H2,1H3,(H,28,33)(H,29,32). The number of carbonyl (C=O) groups is 2. The Morgan fingerprint density at radius 3 is 2.50 bits per heavy atom. The van der Waals surface area contributed by atoms with Crippen LogP contribution in [-0.2, 0) is 11.3 Å². The van der Waals surface area contributed by atoms with Gasteiger partial charge >= 0.3 is 12.1 Å². The van der Waals surface area contributed by atoms with Gasteiger partial charge in [0.1, 0.15) is 10.6 Å². The van der Waals surface area contributed by atoms with Crippen molar-refractivity contribution in [3.05, 3.63) is 75.5 Å². The Balaban J connectivity index is 1.55. The van der Waals surface area contributed by atoms with Gasteiger partial charge in [0.05, 0.1) is 16.3 Å². The molecule has 0 radical (unpaired) electrons. The van der Waals surface area contributed by atoms with Gasteiger partial charge in [-0.3, -0.25) is 9.59 Å². The van der Waals surface area contributed by atoms with Gasteiger partial charge in [0.2, 0.25) is 0 Å². The van der Waals surface area contributed by atoms with Crippen LogP contribution in [-0.4, -0.2) is 27.8 Å². The zero-order valence-electron chi connectivity index (χ0n) is 17.3. The van der Waals surface area contributed by atoms with E-state index in [1.54, 1.807) is 47.3 Å². The van der Waals surface area contributed by atoms with E-state index in [4.69, 9.17) is 11.6 Å². The maximum atomic E-state index is 14.0. The van der Waals surface area contributed by atoms with Crippen LogP contribution in [0.1, 0.15) is 20.9 Å². The molecular weight excluding hydrogens is 496 g/mol. The van der Waals surface area contributed by atoms with Gasteiger partial charge in [-0.2, -0.15) is 18.3 Å². The highest BCUT2D eigenvalue weighted by molar-refractivity contribution is 7.20. The summed E-state index contributed by atoms with van der Waals surface area (Å²) in [6.45, 7) is 1.25. The first-order valence-electron chi connectivity index (χ1n) is 9.72. The lowest BCUT2D eigenvalue weighted by Gasteiger charge is -2.10. The fourth-order valence-electron chi connectivity index (χ4n) is 3.22. The number of fused-ring (bicyclic) bond motifs is 1. The lowest BCUT2D eigenvalue weighted by Crippen LogP contribution is -2.36. The van der Waals surface area contributed by atoms with Crippen LogP contribution < -0.4 is 10.6 Å². The minimum atomic E-state index is -5.05. The van der Waals surface area contributed by atoms with E-state index in [1.165, 1.54) is 17.4 Å². The number of aryl methyl sites for hydroxylation is 1. The van der Waals surface area contributed by atoms with Gasteiger partial charge in [-0.1, -0.05) is 11.6 Å². The first kappa shape index (κ1) is 23.7. The lowest BCUT2D eigenvalue weighted by molar-refractivity contribution is -0.173. The Labute approximate surface area is 199 Å². The number of anilines is 1. The molecule has 2 amide bonds. The lowest BCUT2D eigenvalue weighted by atomic mass is 10.2. The smallest absolute Gasteiger partial charge is 0.344 e. The van der Waals surface area contributed by atoms with E-state index in [9.17, 15) is 27.2 Å². The van der Waals surface area contributed by atoms with Crippen LogP contribution in [0.25, 0.3) is 15.9 Å². The van der Waals surface area contributed by atoms with E-state index in [-0.39, 0.29) is 11.3 Å². The molecule has 176 valence electrons. The summed E-state index contributed by atoms with van der Waals surface area (Å²) in [5, 5.41) is 10.0. The van der Waals surface area contributed by atoms with Crippen molar-refractivity contribution in [1.82, 2.24) is 15.1 Å². The third-order valence-corrected chi connectivity index (χ3v) is 6.13. The quantitative estimate of drug-likeness (QED) is 0.342. The van der Waals surface area contributed by atoms with Gasteiger partial charge in [0.15, 0.2) is 0 Å². The summed E-state index contributed by atoms with van der Waals surface area (Å²) in [7, 11) is 0. The Kier molecular flexibility index (Phi) is 6.32. The fourth-order valence-corrected chi connectivity index (χ4v) is 4.42. The molecule has 0 saturated heterocycles. The predicted molar refractivity (Wildman–Crippen MR) is 121 cm³/mol. The number of hydrogen-bond acceptors (Lipinski definition) is 4. The number of thiophene rings is 1. The van der Waals surface area contributed by atoms with Crippen LogP contribution in [0.5, 0.6) is 0 Å². The van der Waals surface area contributed by atoms with Crippen molar-refractivity contribution in [2.75, 3.05) is 5.32 Å². The van der Waals surface area contributed by atoms with Crippen molar-refractivity contribution in [3.8, 4) is 5.69 Å². The summed E-state index contributed by atoms with van der Waals surface area (Å²) in [6.07, 6.45) is -5.05. The molecule has 0 spiro atoms. The van der Waals surface area contributed by atoms with E-state index in [0.717, 1.165) is 28.0 Å². The predicted octanol–water partition coefficient (Wildman–Crippen LogP) is 5.62. The minimum absolute atomic E-state index is 0.0368. The molecule has 4 aromatic rings. The summed E-state index contributed by atoms with van der Waals surface area (Å²) in [5.74, 6) is -3.45. The number of nitrogens with one attached hydrogen (secondary N) is 2. The largest absolute Gasteiger partial charge is 0.471 e. The Hall–Kier alpha value is -3.44. The third kappa shape index (κ3) is 5.05. The first-order valence-corrected chi connectivity index (χ1v) is 10.9. The van der Waals surface area contributed by atoms with Crippen molar-refractivity contribution >= 4 is 50.7 Å². The van der Waals surface area contributed by atoms with Crippen LogP contribution in [0.15, 0.2) is 48.5 Å². The second-order valence-corrected chi connectivity index (χ2v) is 8.75. The molecule has 2 aromatic heterocycles. The molecule has 0 atom stereocenters. The van der Waals surface area contributed by atoms with Crippen molar-refractivity contribution in [1.29, 1.82) is 0 Å². The minimum Gasteiger partial charge on any atom is -0.344 e. The molecule has 0 aliphatic heterocycles. The van der Waals surface area contributed by atoms with Gasteiger partial charge in [0, 0.05) is 22.6 Å². The number of benzene rings is 2.